The van der Waals surface area contributed by atoms with Crippen molar-refractivity contribution in [2.75, 3.05) is 26.2 Å². The molecule has 0 bridgehead atoms. The van der Waals surface area contributed by atoms with Crippen LogP contribution in [0.2, 0.25) is 0 Å². The second-order valence-corrected chi connectivity index (χ2v) is 6.59. The van der Waals surface area contributed by atoms with Gasteiger partial charge in [-0.15, -0.1) is 0 Å². The van der Waals surface area contributed by atoms with Gasteiger partial charge in [0, 0.05) is 12.6 Å². The van der Waals surface area contributed by atoms with Gasteiger partial charge < -0.3 is 4.90 Å². The highest BCUT2D eigenvalue weighted by Crippen LogP contribution is 2.22. The Bertz CT molecular complexity index is 415. The Morgan fingerprint density at radius 3 is 2.45 bits per heavy atom. The van der Waals surface area contributed by atoms with Gasteiger partial charge >= 0.3 is 0 Å². The van der Waals surface area contributed by atoms with Gasteiger partial charge in [0.05, 0.1) is 0 Å². The van der Waals surface area contributed by atoms with Crippen LogP contribution in [0.15, 0.2) is 24.3 Å². The van der Waals surface area contributed by atoms with E-state index < -0.39 is 0 Å². The number of piperidine rings is 2. The molecule has 2 aliphatic heterocycles. The standard InChI is InChI=1S/C18H28N2/c1-16-6-5-7-17(14-16)15-19-12-8-18(9-13-19)20-10-3-2-4-11-20/h5-7,14,18H,2-4,8-13,15H2,1H3. The molecule has 2 fully saturated rings. The van der Waals surface area contributed by atoms with E-state index >= 15 is 0 Å². The van der Waals surface area contributed by atoms with E-state index in [4.69, 9.17) is 0 Å². The molecular formula is C18H28N2. The molecule has 2 saturated heterocycles. The minimum atomic E-state index is 0.865. The van der Waals surface area contributed by atoms with Crippen LogP contribution in [0.1, 0.15) is 43.2 Å². The minimum absolute atomic E-state index is 0.865. The molecular weight excluding hydrogens is 244 g/mol. The topological polar surface area (TPSA) is 6.48 Å². The van der Waals surface area contributed by atoms with Crippen molar-refractivity contribution in [2.24, 2.45) is 0 Å². The van der Waals surface area contributed by atoms with Crippen molar-refractivity contribution in [3.63, 3.8) is 0 Å². The molecule has 2 nitrogen and oxygen atoms in total. The Morgan fingerprint density at radius 1 is 1.00 bits per heavy atom. The number of hydrogen-bond donors (Lipinski definition) is 0. The monoisotopic (exact) mass is 272 g/mol. The lowest BCUT2D eigenvalue weighted by atomic mass is 9.99. The Labute approximate surface area is 123 Å². The average molecular weight is 272 g/mol. The molecule has 0 atom stereocenters. The van der Waals surface area contributed by atoms with Crippen molar-refractivity contribution < 1.29 is 0 Å². The summed E-state index contributed by atoms with van der Waals surface area (Å²) < 4.78 is 0. The zero-order chi connectivity index (χ0) is 13.8. The lowest BCUT2D eigenvalue weighted by Gasteiger charge is -2.40. The molecule has 2 aliphatic rings. The van der Waals surface area contributed by atoms with Crippen molar-refractivity contribution in [3.05, 3.63) is 35.4 Å². The molecule has 1 aromatic carbocycles. The maximum absolute atomic E-state index is 2.76. The number of hydrogen-bond acceptors (Lipinski definition) is 2. The SMILES string of the molecule is Cc1cccc(CN2CCC(N3CCCCC3)CC2)c1. The summed E-state index contributed by atoms with van der Waals surface area (Å²) in [6.07, 6.45) is 7.02. The first kappa shape index (κ1) is 14.1. The van der Waals surface area contributed by atoms with Crippen LogP contribution in [-0.2, 0) is 6.54 Å². The molecule has 20 heavy (non-hydrogen) atoms. The fourth-order valence-electron chi connectivity index (χ4n) is 3.79. The van der Waals surface area contributed by atoms with Gasteiger partial charge in [0.1, 0.15) is 0 Å². The maximum Gasteiger partial charge on any atom is 0.0233 e. The second kappa shape index (κ2) is 6.73. The lowest BCUT2D eigenvalue weighted by molar-refractivity contribution is 0.0896. The van der Waals surface area contributed by atoms with Crippen molar-refractivity contribution in [3.8, 4) is 0 Å². The summed E-state index contributed by atoms with van der Waals surface area (Å²) in [6, 6.07) is 9.83. The van der Waals surface area contributed by atoms with Crippen LogP contribution in [0.5, 0.6) is 0 Å². The van der Waals surface area contributed by atoms with Crippen LogP contribution in [-0.4, -0.2) is 42.0 Å². The van der Waals surface area contributed by atoms with Crippen molar-refractivity contribution in [1.82, 2.24) is 9.80 Å². The third-order valence-electron chi connectivity index (χ3n) is 4.95. The van der Waals surface area contributed by atoms with E-state index in [1.807, 2.05) is 0 Å². The first-order chi connectivity index (χ1) is 9.81. The van der Waals surface area contributed by atoms with Crippen LogP contribution < -0.4 is 0 Å². The Kier molecular flexibility index (Phi) is 4.74. The molecule has 0 saturated carbocycles. The second-order valence-electron chi connectivity index (χ2n) is 6.59. The molecule has 2 heterocycles. The van der Waals surface area contributed by atoms with E-state index in [0.29, 0.717) is 0 Å². The van der Waals surface area contributed by atoms with Gasteiger partial charge in [-0.1, -0.05) is 36.2 Å². The van der Waals surface area contributed by atoms with Crippen molar-refractivity contribution >= 4 is 0 Å². The van der Waals surface area contributed by atoms with Gasteiger partial charge in [-0.2, -0.15) is 0 Å². The van der Waals surface area contributed by atoms with Gasteiger partial charge in [0.25, 0.3) is 0 Å². The summed E-state index contributed by atoms with van der Waals surface area (Å²) >= 11 is 0. The molecule has 0 aromatic heterocycles. The number of aryl methyl sites for hydroxylation is 1. The van der Waals surface area contributed by atoms with E-state index in [0.717, 1.165) is 12.6 Å². The van der Waals surface area contributed by atoms with Gasteiger partial charge in [-0.3, -0.25) is 4.90 Å². The fourth-order valence-corrected chi connectivity index (χ4v) is 3.79. The smallest absolute Gasteiger partial charge is 0.0233 e. The number of benzene rings is 1. The van der Waals surface area contributed by atoms with E-state index in [-0.39, 0.29) is 0 Å². The first-order valence-corrected chi connectivity index (χ1v) is 8.33. The predicted octanol–water partition coefficient (Wildman–Crippen LogP) is 3.45. The minimum Gasteiger partial charge on any atom is -0.300 e. The summed E-state index contributed by atoms with van der Waals surface area (Å²) in [6.45, 7) is 8.57. The third kappa shape index (κ3) is 3.62. The van der Waals surface area contributed by atoms with E-state index in [2.05, 4.69) is 41.0 Å². The van der Waals surface area contributed by atoms with Gasteiger partial charge in [-0.25, -0.2) is 0 Å². The fraction of sp³-hybridized carbons (Fsp3) is 0.667. The maximum atomic E-state index is 2.76. The number of nitrogens with zero attached hydrogens (tertiary/aromatic N) is 2. The van der Waals surface area contributed by atoms with Crippen LogP contribution in [0.3, 0.4) is 0 Å². The quantitative estimate of drug-likeness (QED) is 0.831. The van der Waals surface area contributed by atoms with Gasteiger partial charge in [0.15, 0.2) is 0 Å². The Hall–Kier alpha value is -0.860. The van der Waals surface area contributed by atoms with E-state index in [1.165, 1.54) is 69.4 Å². The highest BCUT2D eigenvalue weighted by atomic mass is 15.2. The molecule has 2 heteroatoms. The largest absolute Gasteiger partial charge is 0.300 e. The van der Waals surface area contributed by atoms with Crippen LogP contribution in [0.25, 0.3) is 0 Å². The van der Waals surface area contributed by atoms with Gasteiger partial charge in [0.2, 0.25) is 0 Å². The Morgan fingerprint density at radius 2 is 1.75 bits per heavy atom. The molecule has 0 radical (unpaired) electrons. The first-order valence-electron chi connectivity index (χ1n) is 8.33. The predicted molar refractivity (Wildman–Crippen MR) is 84.9 cm³/mol. The zero-order valence-electron chi connectivity index (χ0n) is 12.9. The van der Waals surface area contributed by atoms with Crippen LogP contribution >= 0.6 is 0 Å². The average Bonchev–Trinajstić information content (AvgIpc) is 2.49. The molecule has 0 N–H and O–H groups in total. The summed E-state index contributed by atoms with van der Waals surface area (Å²) in [7, 11) is 0. The molecule has 3 rings (SSSR count). The molecule has 0 aliphatic carbocycles. The highest BCUT2D eigenvalue weighted by molar-refractivity contribution is 5.22. The molecule has 0 unspecified atom stereocenters. The third-order valence-corrected chi connectivity index (χ3v) is 4.95. The lowest BCUT2D eigenvalue weighted by Crippen LogP contribution is -2.46. The van der Waals surface area contributed by atoms with Gasteiger partial charge in [-0.05, 0) is 64.3 Å². The van der Waals surface area contributed by atoms with E-state index in [1.54, 1.807) is 0 Å². The molecule has 110 valence electrons. The van der Waals surface area contributed by atoms with Crippen LogP contribution in [0, 0.1) is 6.92 Å². The number of rotatable bonds is 3. The van der Waals surface area contributed by atoms with Crippen LogP contribution in [0.4, 0.5) is 0 Å². The highest BCUT2D eigenvalue weighted by Gasteiger charge is 2.25. The summed E-state index contributed by atoms with van der Waals surface area (Å²) in [4.78, 5) is 5.39. The Balaban J connectivity index is 1.48. The zero-order valence-corrected chi connectivity index (χ0v) is 12.9. The van der Waals surface area contributed by atoms with Crippen molar-refractivity contribution in [2.45, 2.75) is 51.6 Å². The molecule has 0 amide bonds. The summed E-state index contributed by atoms with van der Waals surface area (Å²) in [5, 5.41) is 0. The summed E-state index contributed by atoms with van der Waals surface area (Å²) in [5.41, 5.74) is 2.85. The summed E-state index contributed by atoms with van der Waals surface area (Å²) in [5.74, 6) is 0. The normalized spacial score (nSPS) is 23.1. The van der Waals surface area contributed by atoms with Crippen molar-refractivity contribution in [1.29, 1.82) is 0 Å². The number of likely N-dealkylation sites (tertiary alicyclic amines) is 2. The van der Waals surface area contributed by atoms with E-state index in [9.17, 15) is 0 Å². The molecule has 1 aromatic rings. The molecule has 0 spiro atoms.